The summed E-state index contributed by atoms with van der Waals surface area (Å²) in [5, 5.41) is 0. The average molecular weight is 497 g/mol. The molecule has 1 aliphatic rings. The fourth-order valence-electron chi connectivity index (χ4n) is 5.22. The van der Waals surface area contributed by atoms with E-state index in [0.29, 0.717) is 29.0 Å². The predicted molar refractivity (Wildman–Crippen MR) is 137 cm³/mol. The molecule has 0 saturated heterocycles. The number of hydrogen-bond acceptors (Lipinski definition) is 1. The summed E-state index contributed by atoms with van der Waals surface area (Å²) in [5.41, 5.74) is 2.70. The highest BCUT2D eigenvalue weighted by Gasteiger charge is 2.27. The van der Waals surface area contributed by atoms with Crippen LogP contribution in [0.2, 0.25) is 0 Å². The van der Waals surface area contributed by atoms with E-state index >= 15 is 8.78 Å². The summed E-state index contributed by atoms with van der Waals surface area (Å²) >= 11 is 0. The second kappa shape index (κ2) is 11.8. The third-order valence-corrected chi connectivity index (χ3v) is 7.23. The molecule has 0 atom stereocenters. The van der Waals surface area contributed by atoms with Crippen LogP contribution < -0.4 is 4.74 Å². The fourth-order valence-corrected chi connectivity index (χ4v) is 5.22. The van der Waals surface area contributed by atoms with Gasteiger partial charge < -0.3 is 4.74 Å². The van der Waals surface area contributed by atoms with Crippen molar-refractivity contribution in [2.45, 2.75) is 58.3 Å². The van der Waals surface area contributed by atoms with Crippen LogP contribution in [0.3, 0.4) is 0 Å². The van der Waals surface area contributed by atoms with Gasteiger partial charge in [-0.1, -0.05) is 54.6 Å². The van der Waals surface area contributed by atoms with Crippen molar-refractivity contribution < 1.29 is 22.3 Å². The summed E-state index contributed by atoms with van der Waals surface area (Å²) in [6, 6.07) is 13.8. The number of allylic oxidation sites excluding steroid dienone is 1. The topological polar surface area (TPSA) is 9.23 Å². The second-order valence-corrected chi connectivity index (χ2v) is 9.49. The van der Waals surface area contributed by atoms with Gasteiger partial charge in [0.25, 0.3) is 0 Å². The lowest BCUT2D eigenvalue weighted by Gasteiger charge is -2.29. The molecule has 36 heavy (non-hydrogen) atoms. The molecule has 0 spiro atoms. The number of hydrogen-bond donors (Lipinski definition) is 0. The van der Waals surface area contributed by atoms with Crippen LogP contribution in [-0.4, -0.2) is 6.61 Å². The number of aryl methyl sites for hydroxylation is 1. The molecule has 3 aromatic rings. The van der Waals surface area contributed by atoms with Crippen molar-refractivity contribution in [3.05, 3.63) is 94.6 Å². The Morgan fingerprint density at radius 2 is 1.53 bits per heavy atom. The second-order valence-electron chi connectivity index (χ2n) is 9.49. The summed E-state index contributed by atoms with van der Waals surface area (Å²) in [5.74, 6) is -3.11. The molecular formula is C31H32F4O. The maximum Gasteiger partial charge on any atom is 0.200 e. The van der Waals surface area contributed by atoms with Gasteiger partial charge in [-0.3, -0.25) is 0 Å². The molecule has 4 rings (SSSR count). The third-order valence-electron chi connectivity index (χ3n) is 7.23. The van der Waals surface area contributed by atoms with Gasteiger partial charge in [-0.15, -0.1) is 0 Å². The Bertz CT molecular complexity index is 1210. The van der Waals surface area contributed by atoms with Crippen molar-refractivity contribution >= 4 is 6.08 Å². The third kappa shape index (κ3) is 5.66. The molecule has 190 valence electrons. The molecule has 0 bridgehead atoms. The zero-order valence-corrected chi connectivity index (χ0v) is 20.8. The standard InChI is InChI=1S/C31H32F4O/c1-3-5-20-6-11-22(12-7-20)25-17-18-26(30(34)29(25)33)23-13-8-21(9-14-23)10-15-24-16-19-27(36-4-2)31(35)28(24)32/h3,5-7,11-12,16-19,21,23H,4,8-10,13-15H2,1-2H3. The summed E-state index contributed by atoms with van der Waals surface area (Å²) in [7, 11) is 0. The molecule has 1 fully saturated rings. The summed E-state index contributed by atoms with van der Waals surface area (Å²) < 4.78 is 63.7. The molecule has 0 aliphatic heterocycles. The van der Waals surface area contributed by atoms with Crippen LogP contribution in [0.25, 0.3) is 17.2 Å². The lowest BCUT2D eigenvalue weighted by atomic mass is 9.76. The zero-order valence-electron chi connectivity index (χ0n) is 20.8. The first-order valence-electron chi connectivity index (χ1n) is 12.7. The monoisotopic (exact) mass is 496 g/mol. The first-order valence-corrected chi connectivity index (χ1v) is 12.7. The molecule has 5 heteroatoms. The molecule has 3 aromatic carbocycles. The van der Waals surface area contributed by atoms with Gasteiger partial charge in [-0.05, 0) is 92.5 Å². The van der Waals surface area contributed by atoms with Crippen molar-refractivity contribution in [1.82, 2.24) is 0 Å². The van der Waals surface area contributed by atoms with E-state index in [1.807, 2.05) is 31.2 Å². The molecule has 0 heterocycles. The Morgan fingerprint density at radius 3 is 2.19 bits per heavy atom. The minimum Gasteiger partial charge on any atom is -0.491 e. The van der Waals surface area contributed by atoms with Crippen molar-refractivity contribution in [1.29, 1.82) is 0 Å². The van der Waals surface area contributed by atoms with Gasteiger partial charge in [-0.2, -0.15) is 4.39 Å². The van der Waals surface area contributed by atoms with Crippen LogP contribution in [0.1, 0.15) is 68.6 Å². The van der Waals surface area contributed by atoms with E-state index < -0.39 is 23.3 Å². The van der Waals surface area contributed by atoms with Gasteiger partial charge >= 0.3 is 0 Å². The lowest BCUT2D eigenvalue weighted by Crippen LogP contribution is -2.16. The molecule has 0 radical (unpaired) electrons. The summed E-state index contributed by atoms with van der Waals surface area (Å²) in [4.78, 5) is 0. The van der Waals surface area contributed by atoms with Crippen molar-refractivity contribution in [3.8, 4) is 16.9 Å². The minimum atomic E-state index is -0.937. The van der Waals surface area contributed by atoms with Crippen LogP contribution in [0.4, 0.5) is 17.6 Å². The Labute approximate surface area is 210 Å². The number of benzene rings is 3. The normalized spacial score (nSPS) is 18.1. The molecular weight excluding hydrogens is 464 g/mol. The van der Waals surface area contributed by atoms with Gasteiger partial charge in [0.1, 0.15) is 0 Å². The molecule has 0 N–H and O–H groups in total. The Balaban J connectivity index is 1.37. The van der Waals surface area contributed by atoms with E-state index in [1.165, 1.54) is 6.07 Å². The maximum absolute atomic E-state index is 15.1. The van der Waals surface area contributed by atoms with E-state index in [2.05, 4.69) is 0 Å². The van der Waals surface area contributed by atoms with Gasteiger partial charge in [0, 0.05) is 5.56 Å². The van der Waals surface area contributed by atoms with Crippen molar-refractivity contribution in [2.24, 2.45) is 5.92 Å². The highest BCUT2D eigenvalue weighted by Crippen LogP contribution is 2.40. The predicted octanol–water partition coefficient (Wildman–Crippen LogP) is 9.25. The Kier molecular flexibility index (Phi) is 8.50. The van der Waals surface area contributed by atoms with Crippen LogP contribution >= 0.6 is 0 Å². The first kappa shape index (κ1) is 26.0. The van der Waals surface area contributed by atoms with Crippen molar-refractivity contribution in [3.63, 3.8) is 0 Å². The first-order chi connectivity index (χ1) is 17.4. The number of ether oxygens (including phenoxy) is 1. The van der Waals surface area contributed by atoms with Crippen LogP contribution in [0.5, 0.6) is 5.75 Å². The minimum absolute atomic E-state index is 0.0403. The van der Waals surface area contributed by atoms with Gasteiger partial charge in [0.15, 0.2) is 23.2 Å². The van der Waals surface area contributed by atoms with Gasteiger partial charge in [0.05, 0.1) is 6.61 Å². The quantitative estimate of drug-likeness (QED) is 0.282. The SMILES string of the molecule is CC=Cc1ccc(-c2ccc(C3CCC(CCc4ccc(OCC)c(F)c4F)CC3)c(F)c2F)cc1. The maximum atomic E-state index is 15.1. The van der Waals surface area contributed by atoms with E-state index in [9.17, 15) is 8.78 Å². The van der Waals surface area contributed by atoms with E-state index in [4.69, 9.17) is 4.74 Å². The average Bonchev–Trinajstić information content (AvgIpc) is 2.89. The van der Waals surface area contributed by atoms with E-state index in [0.717, 1.165) is 37.7 Å². The molecule has 1 aliphatic carbocycles. The van der Waals surface area contributed by atoms with Gasteiger partial charge in [0.2, 0.25) is 5.82 Å². The molecule has 1 nitrogen and oxygen atoms in total. The highest BCUT2D eigenvalue weighted by molar-refractivity contribution is 5.67. The Morgan fingerprint density at radius 1 is 0.806 bits per heavy atom. The smallest absolute Gasteiger partial charge is 0.200 e. The van der Waals surface area contributed by atoms with Crippen LogP contribution in [0, 0.1) is 29.2 Å². The zero-order chi connectivity index (χ0) is 25.7. The molecule has 0 unspecified atom stereocenters. The fraction of sp³-hybridized carbons (Fsp3) is 0.355. The highest BCUT2D eigenvalue weighted by atomic mass is 19.2. The van der Waals surface area contributed by atoms with E-state index in [1.54, 1.807) is 37.3 Å². The molecule has 0 aromatic heterocycles. The number of rotatable bonds is 8. The van der Waals surface area contributed by atoms with Crippen LogP contribution in [0.15, 0.2) is 54.6 Å². The number of halogens is 4. The summed E-state index contributed by atoms with van der Waals surface area (Å²) in [6.07, 6.45) is 8.24. The summed E-state index contributed by atoms with van der Waals surface area (Å²) in [6.45, 7) is 3.92. The van der Waals surface area contributed by atoms with Crippen LogP contribution in [-0.2, 0) is 6.42 Å². The van der Waals surface area contributed by atoms with E-state index in [-0.39, 0.29) is 23.8 Å². The molecule has 1 saturated carbocycles. The van der Waals surface area contributed by atoms with Crippen molar-refractivity contribution in [2.75, 3.05) is 6.61 Å². The lowest BCUT2D eigenvalue weighted by molar-refractivity contribution is 0.301. The Hall–Kier alpha value is -3.08. The molecule has 0 amide bonds. The van der Waals surface area contributed by atoms with Gasteiger partial charge in [-0.25, -0.2) is 13.2 Å². The largest absolute Gasteiger partial charge is 0.491 e.